The lowest BCUT2D eigenvalue weighted by molar-refractivity contribution is -0.119. The zero-order chi connectivity index (χ0) is 14.1. The minimum Gasteiger partial charge on any atom is -0.323 e. The second-order valence-electron chi connectivity index (χ2n) is 4.99. The number of hydrogen-bond acceptors (Lipinski definition) is 1. The van der Waals surface area contributed by atoms with E-state index in [-0.39, 0.29) is 17.5 Å². The van der Waals surface area contributed by atoms with Gasteiger partial charge < -0.3 is 5.32 Å². The van der Waals surface area contributed by atoms with Crippen molar-refractivity contribution < 1.29 is 9.18 Å². The van der Waals surface area contributed by atoms with Gasteiger partial charge in [0.2, 0.25) is 5.91 Å². The van der Waals surface area contributed by atoms with Crippen molar-refractivity contribution in [3.05, 3.63) is 63.9 Å². The first-order valence-electron chi connectivity index (χ1n) is 6.46. The SMILES string of the molecule is O=C(Nc1ccccc1F)C1Cc2ccc(Br)cc2C1. The van der Waals surface area contributed by atoms with Crippen molar-refractivity contribution in [3.8, 4) is 0 Å². The van der Waals surface area contributed by atoms with E-state index in [0.29, 0.717) is 12.8 Å². The Morgan fingerprint density at radius 3 is 2.70 bits per heavy atom. The van der Waals surface area contributed by atoms with Crippen LogP contribution in [0, 0.1) is 11.7 Å². The average Bonchev–Trinajstić information content (AvgIpc) is 2.84. The quantitative estimate of drug-likeness (QED) is 0.886. The molecule has 0 spiro atoms. The Morgan fingerprint density at radius 2 is 1.90 bits per heavy atom. The number of amides is 1. The standard InChI is InChI=1S/C16H13BrFNO/c17-13-6-5-10-7-12(8-11(10)9-13)16(20)19-15-4-2-1-3-14(15)18/h1-6,9,12H,7-8H2,(H,19,20). The molecule has 1 N–H and O–H groups in total. The van der Waals surface area contributed by atoms with Gasteiger partial charge in [-0.2, -0.15) is 0 Å². The number of benzene rings is 2. The van der Waals surface area contributed by atoms with Gasteiger partial charge in [0.05, 0.1) is 5.69 Å². The van der Waals surface area contributed by atoms with E-state index in [9.17, 15) is 9.18 Å². The summed E-state index contributed by atoms with van der Waals surface area (Å²) in [6, 6.07) is 12.3. The number of carbonyl (C=O) groups is 1. The summed E-state index contributed by atoms with van der Waals surface area (Å²) in [6.07, 6.45) is 1.41. The van der Waals surface area contributed by atoms with E-state index in [1.165, 1.54) is 17.2 Å². The van der Waals surface area contributed by atoms with Crippen LogP contribution in [-0.2, 0) is 17.6 Å². The van der Waals surface area contributed by atoms with Crippen LogP contribution in [0.3, 0.4) is 0 Å². The van der Waals surface area contributed by atoms with Crippen LogP contribution in [0.15, 0.2) is 46.9 Å². The van der Waals surface area contributed by atoms with Crippen molar-refractivity contribution in [2.45, 2.75) is 12.8 Å². The molecule has 1 atom stereocenters. The van der Waals surface area contributed by atoms with E-state index in [0.717, 1.165) is 4.47 Å². The van der Waals surface area contributed by atoms with Crippen molar-refractivity contribution in [1.29, 1.82) is 0 Å². The van der Waals surface area contributed by atoms with E-state index in [4.69, 9.17) is 0 Å². The number of fused-ring (bicyclic) bond motifs is 1. The summed E-state index contributed by atoms with van der Waals surface area (Å²) in [5.74, 6) is -0.652. The van der Waals surface area contributed by atoms with Gasteiger partial charge in [0.15, 0.2) is 0 Å². The molecule has 1 amide bonds. The molecule has 0 bridgehead atoms. The van der Waals surface area contributed by atoms with Crippen LogP contribution in [-0.4, -0.2) is 5.91 Å². The minimum absolute atomic E-state index is 0.123. The van der Waals surface area contributed by atoms with Crippen molar-refractivity contribution in [3.63, 3.8) is 0 Å². The first-order valence-corrected chi connectivity index (χ1v) is 7.25. The molecule has 0 heterocycles. The third kappa shape index (κ3) is 2.61. The predicted molar refractivity (Wildman–Crippen MR) is 80.1 cm³/mol. The third-order valence-electron chi connectivity index (χ3n) is 3.60. The second kappa shape index (κ2) is 5.37. The van der Waals surface area contributed by atoms with E-state index in [1.807, 2.05) is 18.2 Å². The summed E-state index contributed by atoms with van der Waals surface area (Å²) in [6.45, 7) is 0. The molecule has 1 aliphatic carbocycles. The van der Waals surface area contributed by atoms with Crippen molar-refractivity contribution in [2.75, 3.05) is 5.32 Å². The third-order valence-corrected chi connectivity index (χ3v) is 4.10. The van der Waals surface area contributed by atoms with E-state index in [1.54, 1.807) is 18.2 Å². The Kier molecular flexibility index (Phi) is 3.57. The highest BCUT2D eigenvalue weighted by Gasteiger charge is 2.27. The Morgan fingerprint density at radius 1 is 1.15 bits per heavy atom. The number of anilines is 1. The molecule has 1 unspecified atom stereocenters. The van der Waals surface area contributed by atoms with Crippen LogP contribution in [0.2, 0.25) is 0 Å². The smallest absolute Gasteiger partial charge is 0.228 e. The van der Waals surface area contributed by atoms with Crippen LogP contribution in [0.5, 0.6) is 0 Å². The topological polar surface area (TPSA) is 29.1 Å². The van der Waals surface area contributed by atoms with Crippen molar-refractivity contribution in [2.24, 2.45) is 5.92 Å². The van der Waals surface area contributed by atoms with E-state index < -0.39 is 5.82 Å². The minimum atomic E-state index is -0.404. The molecule has 20 heavy (non-hydrogen) atoms. The van der Waals surface area contributed by atoms with Gasteiger partial charge in [-0.05, 0) is 48.2 Å². The lowest BCUT2D eigenvalue weighted by Gasteiger charge is -2.10. The largest absolute Gasteiger partial charge is 0.323 e. The Labute approximate surface area is 125 Å². The number of nitrogens with one attached hydrogen (secondary N) is 1. The van der Waals surface area contributed by atoms with Gasteiger partial charge >= 0.3 is 0 Å². The summed E-state index contributed by atoms with van der Waals surface area (Å²) in [5.41, 5.74) is 2.63. The summed E-state index contributed by atoms with van der Waals surface area (Å²) in [7, 11) is 0. The fraction of sp³-hybridized carbons (Fsp3) is 0.188. The molecule has 4 heteroatoms. The average molecular weight is 334 g/mol. The van der Waals surface area contributed by atoms with Crippen LogP contribution >= 0.6 is 15.9 Å². The molecular weight excluding hydrogens is 321 g/mol. The summed E-state index contributed by atoms with van der Waals surface area (Å²) in [5, 5.41) is 2.68. The molecule has 0 aliphatic heterocycles. The van der Waals surface area contributed by atoms with Gasteiger partial charge in [-0.15, -0.1) is 0 Å². The number of para-hydroxylation sites is 1. The molecule has 0 saturated carbocycles. The molecule has 0 radical (unpaired) electrons. The Bertz CT molecular complexity index is 671. The molecule has 0 aromatic heterocycles. The van der Waals surface area contributed by atoms with Crippen LogP contribution in [0.1, 0.15) is 11.1 Å². The molecule has 2 aromatic carbocycles. The summed E-state index contributed by atoms with van der Waals surface area (Å²) >= 11 is 3.44. The number of carbonyl (C=O) groups excluding carboxylic acids is 1. The lowest BCUT2D eigenvalue weighted by atomic mass is 10.1. The number of rotatable bonds is 2. The predicted octanol–water partition coefficient (Wildman–Crippen LogP) is 3.94. The van der Waals surface area contributed by atoms with Crippen LogP contribution in [0.25, 0.3) is 0 Å². The summed E-state index contributed by atoms with van der Waals surface area (Å²) < 4.78 is 14.6. The van der Waals surface area contributed by atoms with E-state index in [2.05, 4.69) is 21.2 Å². The number of hydrogen-bond donors (Lipinski definition) is 1. The molecule has 3 rings (SSSR count). The van der Waals surface area contributed by atoms with Crippen LogP contribution < -0.4 is 5.32 Å². The fourth-order valence-corrected chi connectivity index (χ4v) is 2.98. The Balaban J connectivity index is 1.73. The molecule has 1 aliphatic rings. The van der Waals surface area contributed by atoms with Gasteiger partial charge in [0.25, 0.3) is 0 Å². The van der Waals surface area contributed by atoms with Crippen LogP contribution in [0.4, 0.5) is 10.1 Å². The highest BCUT2D eigenvalue weighted by Crippen LogP contribution is 2.30. The second-order valence-corrected chi connectivity index (χ2v) is 5.90. The van der Waals surface area contributed by atoms with Gasteiger partial charge in [-0.25, -0.2) is 4.39 Å². The molecule has 2 aromatic rings. The molecule has 0 saturated heterocycles. The van der Waals surface area contributed by atoms with Gasteiger partial charge in [0, 0.05) is 10.4 Å². The van der Waals surface area contributed by atoms with E-state index >= 15 is 0 Å². The number of halogens is 2. The molecule has 102 valence electrons. The van der Waals surface area contributed by atoms with Crippen molar-refractivity contribution in [1.82, 2.24) is 0 Å². The zero-order valence-corrected chi connectivity index (χ0v) is 12.3. The fourth-order valence-electron chi connectivity index (χ4n) is 2.57. The molecular formula is C16H13BrFNO. The maximum atomic E-state index is 13.5. The van der Waals surface area contributed by atoms with Gasteiger partial charge in [0.1, 0.15) is 5.82 Å². The Hall–Kier alpha value is -1.68. The van der Waals surface area contributed by atoms with Gasteiger partial charge in [-0.1, -0.05) is 34.1 Å². The summed E-state index contributed by atoms with van der Waals surface area (Å²) in [4.78, 5) is 12.2. The normalized spacial score (nSPS) is 16.8. The maximum absolute atomic E-state index is 13.5. The highest BCUT2D eigenvalue weighted by molar-refractivity contribution is 9.10. The highest BCUT2D eigenvalue weighted by atomic mass is 79.9. The molecule has 0 fully saturated rings. The lowest BCUT2D eigenvalue weighted by Crippen LogP contribution is -2.23. The maximum Gasteiger partial charge on any atom is 0.228 e. The monoisotopic (exact) mass is 333 g/mol. The zero-order valence-electron chi connectivity index (χ0n) is 10.7. The van der Waals surface area contributed by atoms with Gasteiger partial charge in [-0.3, -0.25) is 4.79 Å². The van der Waals surface area contributed by atoms with Crippen molar-refractivity contribution >= 4 is 27.5 Å². The first-order chi connectivity index (χ1) is 9.63. The molecule has 2 nitrogen and oxygen atoms in total. The first kappa shape index (κ1) is 13.3.